The van der Waals surface area contributed by atoms with Crippen molar-refractivity contribution in [1.82, 2.24) is 10.1 Å². The molecule has 2 aromatic rings. The van der Waals surface area contributed by atoms with Gasteiger partial charge in [-0.15, -0.1) is 11.8 Å². The Kier molecular flexibility index (Phi) is 4.20. The van der Waals surface area contributed by atoms with Crippen molar-refractivity contribution >= 4 is 27.7 Å². The van der Waals surface area contributed by atoms with E-state index in [9.17, 15) is 0 Å². The molecule has 6 heteroatoms. The number of hydrogen-bond donors (Lipinski definition) is 1. The average molecular weight is 314 g/mol. The summed E-state index contributed by atoms with van der Waals surface area (Å²) in [6.07, 6.45) is 0. The quantitative estimate of drug-likeness (QED) is 0.878. The summed E-state index contributed by atoms with van der Waals surface area (Å²) in [5.41, 5.74) is 5.65. The van der Waals surface area contributed by atoms with E-state index in [1.54, 1.807) is 11.8 Å². The van der Waals surface area contributed by atoms with E-state index < -0.39 is 0 Å². The summed E-state index contributed by atoms with van der Waals surface area (Å²) in [4.78, 5) is 5.37. The number of thioether (sulfide) groups is 1. The van der Waals surface area contributed by atoms with Crippen LogP contribution in [0.1, 0.15) is 24.7 Å². The van der Waals surface area contributed by atoms with Crippen LogP contribution in [-0.2, 0) is 5.75 Å². The van der Waals surface area contributed by atoms with Gasteiger partial charge in [-0.3, -0.25) is 0 Å². The Morgan fingerprint density at radius 3 is 2.88 bits per heavy atom. The van der Waals surface area contributed by atoms with Gasteiger partial charge in [0.1, 0.15) is 0 Å². The van der Waals surface area contributed by atoms with Gasteiger partial charge in [0.15, 0.2) is 5.82 Å². The number of benzene rings is 1. The molecule has 0 unspecified atom stereocenters. The third-order valence-electron chi connectivity index (χ3n) is 2.07. The highest BCUT2D eigenvalue weighted by Crippen LogP contribution is 2.29. The van der Waals surface area contributed by atoms with Gasteiger partial charge in [0.25, 0.3) is 0 Å². The molecule has 17 heavy (non-hydrogen) atoms. The summed E-state index contributed by atoms with van der Waals surface area (Å²) in [5, 5.41) is 3.88. The SMILES string of the molecule is C[C@H](N)c1nc(CSc2ccccc2Br)no1. The van der Waals surface area contributed by atoms with Gasteiger partial charge in [-0.25, -0.2) is 0 Å². The molecule has 1 aromatic carbocycles. The Labute approximate surface area is 112 Å². The molecule has 0 spiro atoms. The number of hydrogen-bond acceptors (Lipinski definition) is 5. The zero-order valence-corrected chi connectivity index (χ0v) is 11.7. The zero-order chi connectivity index (χ0) is 12.3. The standard InChI is InChI=1S/C11H12BrN3OS/c1-7(13)11-14-10(15-16-11)6-17-9-5-3-2-4-8(9)12/h2-5,7H,6,13H2,1H3/t7-/m0/s1. The zero-order valence-electron chi connectivity index (χ0n) is 9.26. The Hall–Kier alpha value is -0.850. The normalized spacial score (nSPS) is 12.6. The maximum Gasteiger partial charge on any atom is 0.243 e. The third kappa shape index (κ3) is 3.31. The predicted molar refractivity (Wildman–Crippen MR) is 70.6 cm³/mol. The van der Waals surface area contributed by atoms with Crippen LogP contribution in [0.15, 0.2) is 38.2 Å². The lowest BCUT2D eigenvalue weighted by atomic mass is 10.4. The molecule has 0 aliphatic carbocycles. The van der Waals surface area contributed by atoms with Gasteiger partial charge in [0.2, 0.25) is 5.89 Å². The van der Waals surface area contributed by atoms with Crippen molar-refractivity contribution in [2.75, 3.05) is 0 Å². The van der Waals surface area contributed by atoms with Crippen molar-refractivity contribution in [3.05, 3.63) is 40.5 Å². The second-order valence-electron chi connectivity index (χ2n) is 3.56. The fourth-order valence-corrected chi connectivity index (χ4v) is 2.63. The molecular weight excluding hydrogens is 302 g/mol. The van der Waals surface area contributed by atoms with Crippen LogP contribution in [-0.4, -0.2) is 10.1 Å². The van der Waals surface area contributed by atoms with E-state index >= 15 is 0 Å². The molecular formula is C11H12BrN3OS. The fourth-order valence-electron chi connectivity index (χ4n) is 1.22. The molecule has 0 saturated heterocycles. The van der Waals surface area contributed by atoms with E-state index in [0.29, 0.717) is 17.5 Å². The minimum absolute atomic E-state index is 0.218. The summed E-state index contributed by atoms with van der Waals surface area (Å²) in [7, 11) is 0. The third-order valence-corrected chi connectivity index (χ3v) is 4.09. The van der Waals surface area contributed by atoms with E-state index in [-0.39, 0.29) is 6.04 Å². The maximum absolute atomic E-state index is 5.65. The highest BCUT2D eigenvalue weighted by atomic mass is 79.9. The van der Waals surface area contributed by atoms with Crippen LogP contribution in [0.3, 0.4) is 0 Å². The molecule has 0 aliphatic rings. The Morgan fingerprint density at radius 1 is 1.47 bits per heavy atom. The number of halogens is 1. The molecule has 4 nitrogen and oxygen atoms in total. The molecule has 1 aromatic heterocycles. The van der Waals surface area contributed by atoms with Gasteiger partial charge < -0.3 is 10.3 Å². The first-order valence-electron chi connectivity index (χ1n) is 5.12. The Balaban J connectivity index is 2.00. The highest BCUT2D eigenvalue weighted by molar-refractivity contribution is 9.10. The van der Waals surface area contributed by atoms with E-state index in [1.165, 1.54) is 0 Å². The van der Waals surface area contributed by atoms with Gasteiger partial charge in [-0.2, -0.15) is 4.98 Å². The highest BCUT2D eigenvalue weighted by Gasteiger charge is 2.10. The van der Waals surface area contributed by atoms with Crippen LogP contribution in [0.25, 0.3) is 0 Å². The van der Waals surface area contributed by atoms with Gasteiger partial charge in [-0.05, 0) is 35.0 Å². The predicted octanol–water partition coefficient (Wildman–Crippen LogP) is 3.14. The number of nitrogens with two attached hydrogens (primary N) is 1. The second-order valence-corrected chi connectivity index (χ2v) is 5.43. The first kappa shape index (κ1) is 12.6. The van der Waals surface area contributed by atoms with Crippen LogP contribution in [0.5, 0.6) is 0 Å². The number of nitrogens with zero attached hydrogens (tertiary/aromatic N) is 2. The summed E-state index contributed by atoms with van der Waals surface area (Å²) in [6, 6.07) is 7.81. The molecule has 1 atom stereocenters. The molecule has 0 radical (unpaired) electrons. The van der Waals surface area contributed by atoms with Crippen molar-refractivity contribution in [3.63, 3.8) is 0 Å². The molecule has 1 heterocycles. The van der Waals surface area contributed by atoms with Gasteiger partial charge in [-0.1, -0.05) is 17.3 Å². The summed E-state index contributed by atoms with van der Waals surface area (Å²) >= 11 is 5.15. The van der Waals surface area contributed by atoms with Gasteiger partial charge in [0.05, 0.1) is 11.8 Å². The largest absolute Gasteiger partial charge is 0.338 e. The van der Waals surface area contributed by atoms with Crippen LogP contribution < -0.4 is 5.73 Å². The van der Waals surface area contributed by atoms with Crippen molar-refractivity contribution in [1.29, 1.82) is 0 Å². The Morgan fingerprint density at radius 2 is 2.24 bits per heavy atom. The summed E-state index contributed by atoms with van der Waals surface area (Å²) < 4.78 is 6.10. The molecule has 2 N–H and O–H groups in total. The molecule has 0 amide bonds. The van der Waals surface area contributed by atoms with Crippen molar-refractivity contribution in [3.8, 4) is 0 Å². The lowest BCUT2D eigenvalue weighted by Crippen LogP contribution is -2.05. The molecule has 90 valence electrons. The smallest absolute Gasteiger partial charge is 0.243 e. The molecule has 0 bridgehead atoms. The van der Waals surface area contributed by atoms with Crippen LogP contribution in [0, 0.1) is 0 Å². The topological polar surface area (TPSA) is 64.9 Å². The number of aromatic nitrogens is 2. The molecule has 0 fully saturated rings. The maximum atomic E-state index is 5.65. The summed E-state index contributed by atoms with van der Waals surface area (Å²) in [6.45, 7) is 1.82. The van der Waals surface area contributed by atoms with Crippen molar-refractivity contribution < 1.29 is 4.52 Å². The van der Waals surface area contributed by atoms with Crippen LogP contribution in [0.2, 0.25) is 0 Å². The van der Waals surface area contributed by atoms with E-state index in [2.05, 4.69) is 26.1 Å². The van der Waals surface area contributed by atoms with E-state index in [0.717, 1.165) is 9.37 Å². The summed E-state index contributed by atoms with van der Waals surface area (Å²) in [5.74, 6) is 1.81. The van der Waals surface area contributed by atoms with Gasteiger partial charge in [0, 0.05) is 9.37 Å². The van der Waals surface area contributed by atoms with Gasteiger partial charge >= 0.3 is 0 Å². The minimum atomic E-state index is -0.218. The molecule has 0 saturated carbocycles. The first-order valence-corrected chi connectivity index (χ1v) is 6.90. The van der Waals surface area contributed by atoms with Crippen LogP contribution in [0.4, 0.5) is 0 Å². The fraction of sp³-hybridized carbons (Fsp3) is 0.273. The monoisotopic (exact) mass is 313 g/mol. The lowest BCUT2D eigenvalue weighted by Gasteiger charge is -2.00. The molecule has 0 aliphatic heterocycles. The van der Waals surface area contributed by atoms with Crippen molar-refractivity contribution in [2.24, 2.45) is 5.73 Å². The first-order chi connectivity index (χ1) is 8.16. The van der Waals surface area contributed by atoms with Crippen LogP contribution >= 0.6 is 27.7 Å². The average Bonchev–Trinajstić information content (AvgIpc) is 2.77. The number of rotatable bonds is 4. The molecule has 2 rings (SSSR count). The van der Waals surface area contributed by atoms with E-state index in [4.69, 9.17) is 10.3 Å². The Bertz CT molecular complexity index is 501. The second kappa shape index (κ2) is 5.66. The minimum Gasteiger partial charge on any atom is -0.338 e. The lowest BCUT2D eigenvalue weighted by molar-refractivity contribution is 0.358. The van der Waals surface area contributed by atoms with E-state index in [1.807, 2.05) is 31.2 Å². The van der Waals surface area contributed by atoms with Crippen molar-refractivity contribution in [2.45, 2.75) is 23.6 Å².